The van der Waals surface area contributed by atoms with Gasteiger partial charge in [-0.05, 0) is 30.7 Å². The van der Waals surface area contributed by atoms with Crippen LogP contribution in [0.25, 0.3) is 0 Å². The van der Waals surface area contributed by atoms with Crippen molar-refractivity contribution >= 4 is 17.5 Å². The summed E-state index contributed by atoms with van der Waals surface area (Å²) < 4.78 is 27.1. The molecule has 1 atom stereocenters. The van der Waals surface area contributed by atoms with Gasteiger partial charge in [0.25, 0.3) is 0 Å². The van der Waals surface area contributed by atoms with Gasteiger partial charge in [-0.1, -0.05) is 24.3 Å². The zero-order valence-electron chi connectivity index (χ0n) is 12.8. The zero-order valence-corrected chi connectivity index (χ0v) is 12.8. The smallest absolute Gasteiger partial charge is 0.313 e. The number of carbonyl (C=O) groups is 2. The summed E-state index contributed by atoms with van der Waals surface area (Å²) in [6.07, 6.45) is -1.31. The Bertz CT molecular complexity index is 765. The van der Waals surface area contributed by atoms with E-state index in [4.69, 9.17) is 0 Å². The van der Waals surface area contributed by atoms with Crippen LogP contribution in [0, 0.1) is 18.6 Å². The van der Waals surface area contributed by atoms with E-state index in [0.29, 0.717) is 5.56 Å². The van der Waals surface area contributed by atoms with Gasteiger partial charge in [0.15, 0.2) is 0 Å². The lowest BCUT2D eigenvalue weighted by Gasteiger charge is -2.13. The summed E-state index contributed by atoms with van der Waals surface area (Å²) in [6.45, 7) is 1.33. The summed E-state index contributed by atoms with van der Waals surface area (Å²) >= 11 is 0. The van der Waals surface area contributed by atoms with Crippen molar-refractivity contribution in [1.82, 2.24) is 5.32 Å². The van der Waals surface area contributed by atoms with E-state index in [0.717, 1.165) is 0 Å². The Hall–Kier alpha value is -2.80. The highest BCUT2D eigenvalue weighted by molar-refractivity contribution is 6.39. The fraction of sp³-hybridized carbons (Fsp3) is 0.176. The Morgan fingerprint density at radius 1 is 1.08 bits per heavy atom. The van der Waals surface area contributed by atoms with Crippen LogP contribution < -0.4 is 10.6 Å². The number of hydrogen-bond donors (Lipinski definition) is 3. The van der Waals surface area contributed by atoms with Crippen molar-refractivity contribution in [1.29, 1.82) is 0 Å². The van der Waals surface area contributed by atoms with Crippen LogP contribution in [0.2, 0.25) is 0 Å². The highest BCUT2D eigenvalue weighted by atomic mass is 19.1. The SMILES string of the molecule is Cc1ccc(NC(=O)C(=O)NCC(O)c2ccccc2F)c(F)c1. The number of nitrogens with one attached hydrogen (secondary N) is 2. The summed E-state index contributed by atoms with van der Waals surface area (Å²) in [4.78, 5) is 23.4. The lowest BCUT2D eigenvalue weighted by molar-refractivity contribution is -0.136. The maximum atomic E-state index is 13.6. The Morgan fingerprint density at radius 3 is 2.46 bits per heavy atom. The van der Waals surface area contributed by atoms with Crippen LogP contribution in [-0.4, -0.2) is 23.5 Å². The van der Waals surface area contributed by atoms with Crippen LogP contribution in [0.15, 0.2) is 42.5 Å². The molecular formula is C17H16F2N2O3. The van der Waals surface area contributed by atoms with Crippen LogP contribution >= 0.6 is 0 Å². The molecule has 126 valence electrons. The minimum absolute atomic E-state index is 0.00258. The van der Waals surface area contributed by atoms with Crippen LogP contribution in [-0.2, 0) is 9.59 Å². The predicted molar refractivity (Wildman–Crippen MR) is 84.1 cm³/mol. The minimum Gasteiger partial charge on any atom is -0.386 e. The quantitative estimate of drug-likeness (QED) is 0.749. The third-order valence-electron chi connectivity index (χ3n) is 3.30. The molecule has 24 heavy (non-hydrogen) atoms. The molecule has 2 rings (SSSR count). The Kier molecular flexibility index (Phi) is 5.59. The van der Waals surface area contributed by atoms with Gasteiger partial charge in [0.2, 0.25) is 0 Å². The molecule has 0 aliphatic heterocycles. The number of rotatable bonds is 4. The van der Waals surface area contributed by atoms with Crippen LogP contribution in [0.1, 0.15) is 17.2 Å². The fourth-order valence-electron chi connectivity index (χ4n) is 2.03. The van der Waals surface area contributed by atoms with E-state index in [1.165, 1.54) is 36.4 Å². The second-order valence-corrected chi connectivity index (χ2v) is 5.18. The number of anilines is 1. The molecule has 0 aliphatic rings. The van der Waals surface area contributed by atoms with Gasteiger partial charge in [0.1, 0.15) is 11.6 Å². The van der Waals surface area contributed by atoms with E-state index in [9.17, 15) is 23.5 Å². The molecule has 0 aliphatic carbocycles. The van der Waals surface area contributed by atoms with E-state index in [1.54, 1.807) is 13.0 Å². The first-order chi connectivity index (χ1) is 11.4. The van der Waals surface area contributed by atoms with Crippen LogP contribution in [0.4, 0.5) is 14.5 Å². The molecule has 0 spiro atoms. The van der Waals surface area contributed by atoms with Crippen molar-refractivity contribution in [2.24, 2.45) is 0 Å². The summed E-state index contributed by atoms with van der Waals surface area (Å²) in [7, 11) is 0. The summed E-state index contributed by atoms with van der Waals surface area (Å²) in [5.74, 6) is -3.43. The molecule has 0 saturated carbocycles. The third-order valence-corrected chi connectivity index (χ3v) is 3.30. The molecule has 1 unspecified atom stereocenters. The average molecular weight is 334 g/mol. The molecule has 0 radical (unpaired) electrons. The van der Waals surface area contributed by atoms with Crippen LogP contribution in [0.3, 0.4) is 0 Å². The van der Waals surface area contributed by atoms with Crippen molar-refractivity contribution in [2.45, 2.75) is 13.0 Å². The highest BCUT2D eigenvalue weighted by Gasteiger charge is 2.18. The Morgan fingerprint density at radius 2 is 1.79 bits per heavy atom. The van der Waals surface area contributed by atoms with Crippen molar-refractivity contribution < 1.29 is 23.5 Å². The van der Waals surface area contributed by atoms with Gasteiger partial charge in [0, 0.05) is 12.1 Å². The van der Waals surface area contributed by atoms with Crippen molar-refractivity contribution in [3.63, 3.8) is 0 Å². The second kappa shape index (κ2) is 7.65. The molecule has 0 heterocycles. The van der Waals surface area contributed by atoms with E-state index in [2.05, 4.69) is 10.6 Å². The van der Waals surface area contributed by atoms with Gasteiger partial charge in [0.05, 0.1) is 11.8 Å². The van der Waals surface area contributed by atoms with E-state index in [1.807, 2.05) is 0 Å². The number of aliphatic hydroxyl groups is 1. The van der Waals surface area contributed by atoms with Crippen molar-refractivity contribution in [3.05, 3.63) is 65.2 Å². The lowest BCUT2D eigenvalue weighted by Crippen LogP contribution is -2.37. The van der Waals surface area contributed by atoms with Gasteiger partial charge in [-0.2, -0.15) is 0 Å². The Labute approximate surface area is 137 Å². The molecule has 2 aromatic rings. The van der Waals surface area contributed by atoms with E-state index < -0.39 is 29.6 Å². The molecule has 2 aromatic carbocycles. The third kappa shape index (κ3) is 4.36. The van der Waals surface area contributed by atoms with E-state index >= 15 is 0 Å². The first kappa shape index (κ1) is 17.6. The monoisotopic (exact) mass is 334 g/mol. The summed E-state index contributed by atoms with van der Waals surface area (Å²) in [5.41, 5.74) is 0.543. The number of benzene rings is 2. The van der Waals surface area contributed by atoms with Gasteiger partial charge >= 0.3 is 11.8 Å². The number of hydrogen-bond acceptors (Lipinski definition) is 3. The first-order valence-corrected chi connectivity index (χ1v) is 7.16. The maximum absolute atomic E-state index is 13.6. The molecule has 7 heteroatoms. The predicted octanol–water partition coefficient (Wildman–Crippen LogP) is 2.06. The maximum Gasteiger partial charge on any atom is 0.313 e. The number of halogens is 2. The van der Waals surface area contributed by atoms with Gasteiger partial charge in [-0.3, -0.25) is 9.59 Å². The summed E-state index contributed by atoms with van der Waals surface area (Å²) in [5, 5.41) is 14.1. The number of carbonyl (C=O) groups excluding carboxylic acids is 2. The normalized spacial score (nSPS) is 11.7. The molecule has 0 aromatic heterocycles. The van der Waals surface area contributed by atoms with E-state index in [-0.39, 0.29) is 17.8 Å². The molecule has 5 nitrogen and oxygen atoms in total. The zero-order chi connectivity index (χ0) is 17.7. The molecule has 2 amide bonds. The molecule has 0 fully saturated rings. The topological polar surface area (TPSA) is 78.4 Å². The number of aryl methyl sites for hydroxylation is 1. The van der Waals surface area contributed by atoms with Gasteiger partial charge in [-0.25, -0.2) is 8.78 Å². The largest absolute Gasteiger partial charge is 0.386 e. The number of amides is 2. The molecule has 0 saturated heterocycles. The minimum atomic E-state index is -1.31. The van der Waals surface area contributed by atoms with Crippen LogP contribution in [0.5, 0.6) is 0 Å². The first-order valence-electron chi connectivity index (χ1n) is 7.16. The second-order valence-electron chi connectivity index (χ2n) is 5.18. The highest BCUT2D eigenvalue weighted by Crippen LogP contribution is 2.16. The van der Waals surface area contributed by atoms with Gasteiger partial charge < -0.3 is 15.7 Å². The number of aliphatic hydroxyl groups excluding tert-OH is 1. The molecule has 0 bridgehead atoms. The fourth-order valence-corrected chi connectivity index (χ4v) is 2.03. The standard InChI is InChI=1S/C17H16F2N2O3/c1-10-6-7-14(13(19)8-10)21-17(24)16(23)20-9-15(22)11-4-2-3-5-12(11)18/h2-8,15,22H,9H2,1H3,(H,20,23)(H,21,24). The molecule has 3 N–H and O–H groups in total. The lowest BCUT2D eigenvalue weighted by atomic mass is 10.1. The van der Waals surface area contributed by atoms with Crippen molar-refractivity contribution in [3.8, 4) is 0 Å². The summed E-state index contributed by atoms with van der Waals surface area (Å²) in [6, 6.07) is 9.68. The van der Waals surface area contributed by atoms with Gasteiger partial charge in [-0.15, -0.1) is 0 Å². The average Bonchev–Trinajstić information content (AvgIpc) is 2.55. The molecular weight excluding hydrogens is 318 g/mol. The van der Waals surface area contributed by atoms with Crippen molar-refractivity contribution in [2.75, 3.05) is 11.9 Å². The Balaban J connectivity index is 1.92.